The molecule has 3 nitrogen and oxygen atoms in total. The van der Waals surface area contributed by atoms with Gasteiger partial charge in [-0.25, -0.2) is 9.97 Å². The summed E-state index contributed by atoms with van der Waals surface area (Å²) >= 11 is 2.24. The molecular weight excluding hydrogens is 241 g/mol. The highest BCUT2D eigenvalue weighted by molar-refractivity contribution is 14.1. The van der Waals surface area contributed by atoms with Gasteiger partial charge in [-0.3, -0.25) is 0 Å². The fourth-order valence-electron chi connectivity index (χ4n) is 0.727. The number of nitrogen functional groups attached to an aromatic ring is 1. The summed E-state index contributed by atoms with van der Waals surface area (Å²) in [6, 6.07) is 1.93. The van der Waals surface area contributed by atoms with E-state index in [1.165, 1.54) is 0 Å². The highest BCUT2D eigenvalue weighted by atomic mass is 127. The van der Waals surface area contributed by atoms with E-state index < -0.39 is 0 Å². The number of aromatic nitrogens is 2. The SMILES string of the molecule is Cc1cc(CI)nc(N)n1. The third kappa shape index (κ3) is 1.80. The van der Waals surface area contributed by atoms with Gasteiger partial charge in [0.25, 0.3) is 0 Å². The molecular formula is C6H8IN3. The Hall–Kier alpha value is -0.390. The van der Waals surface area contributed by atoms with E-state index in [9.17, 15) is 0 Å². The molecule has 1 heterocycles. The van der Waals surface area contributed by atoms with Gasteiger partial charge in [0, 0.05) is 10.1 Å². The van der Waals surface area contributed by atoms with Crippen molar-refractivity contribution in [2.45, 2.75) is 11.4 Å². The Labute approximate surface area is 73.2 Å². The zero-order valence-electron chi connectivity index (χ0n) is 5.63. The van der Waals surface area contributed by atoms with Crippen LogP contribution >= 0.6 is 22.6 Å². The molecule has 0 saturated heterocycles. The molecule has 0 fully saturated rings. The van der Waals surface area contributed by atoms with E-state index >= 15 is 0 Å². The van der Waals surface area contributed by atoms with Crippen molar-refractivity contribution < 1.29 is 0 Å². The third-order valence-electron chi connectivity index (χ3n) is 1.06. The molecule has 1 rings (SSSR count). The van der Waals surface area contributed by atoms with Crippen molar-refractivity contribution in [3.05, 3.63) is 17.5 Å². The first-order chi connectivity index (χ1) is 4.72. The Morgan fingerprint density at radius 1 is 1.60 bits per heavy atom. The monoisotopic (exact) mass is 249 g/mol. The van der Waals surface area contributed by atoms with Crippen LogP contribution in [0.5, 0.6) is 0 Å². The molecule has 0 aliphatic rings. The fourth-order valence-corrected chi connectivity index (χ4v) is 1.12. The standard InChI is InChI=1S/C6H8IN3/c1-4-2-5(3-7)10-6(8)9-4/h2H,3H2,1H3,(H2,8,9,10). The lowest BCUT2D eigenvalue weighted by molar-refractivity contribution is 1.07. The maximum atomic E-state index is 5.41. The number of hydrogen-bond donors (Lipinski definition) is 1. The molecule has 10 heavy (non-hydrogen) atoms. The molecule has 0 radical (unpaired) electrons. The van der Waals surface area contributed by atoms with Crippen LogP contribution in [0.1, 0.15) is 11.4 Å². The normalized spacial score (nSPS) is 9.80. The Balaban J connectivity index is 3.06. The Morgan fingerprint density at radius 2 is 2.30 bits per heavy atom. The van der Waals surface area contributed by atoms with Crippen LogP contribution in [-0.2, 0) is 4.43 Å². The topological polar surface area (TPSA) is 51.8 Å². The molecule has 0 atom stereocenters. The molecule has 0 amide bonds. The molecule has 0 aliphatic heterocycles. The van der Waals surface area contributed by atoms with Crippen LogP contribution in [0, 0.1) is 6.92 Å². The number of hydrogen-bond acceptors (Lipinski definition) is 3. The third-order valence-corrected chi connectivity index (χ3v) is 1.84. The summed E-state index contributed by atoms with van der Waals surface area (Å²) in [5.41, 5.74) is 7.33. The number of nitrogens with zero attached hydrogens (tertiary/aromatic N) is 2. The highest BCUT2D eigenvalue weighted by Gasteiger charge is 1.95. The zero-order chi connectivity index (χ0) is 7.56. The first-order valence-electron chi connectivity index (χ1n) is 2.88. The lowest BCUT2D eigenvalue weighted by Crippen LogP contribution is -1.98. The lowest BCUT2D eigenvalue weighted by Gasteiger charge is -1.97. The van der Waals surface area contributed by atoms with Gasteiger partial charge in [-0.05, 0) is 13.0 Å². The van der Waals surface area contributed by atoms with Crippen molar-refractivity contribution in [2.75, 3.05) is 5.73 Å². The van der Waals surface area contributed by atoms with Crippen molar-refractivity contribution in [1.82, 2.24) is 9.97 Å². The van der Waals surface area contributed by atoms with Gasteiger partial charge >= 0.3 is 0 Å². The smallest absolute Gasteiger partial charge is 0.220 e. The molecule has 1 aromatic rings. The summed E-state index contributed by atoms with van der Waals surface area (Å²) in [6.45, 7) is 1.91. The summed E-state index contributed by atoms with van der Waals surface area (Å²) in [5.74, 6) is 0.367. The minimum Gasteiger partial charge on any atom is -0.368 e. The van der Waals surface area contributed by atoms with E-state index in [-0.39, 0.29) is 0 Å². The van der Waals surface area contributed by atoms with E-state index in [4.69, 9.17) is 5.73 Å². The van der Waals surface area contributed by atoms with Crippen molar-refractivity contribution >= 4 is 28.5 Å². The lowest BCUT2D eigenvalue weighted by atomic mass is 10.4. The van der Waals surface area contributed by atoms with Crippen LogP contribution in [0.15, 0.2) is 6.07 Å². The Morgan fingerprint density at radius 3 is 2.80 bits per heavy atom. The maximum absolute atomic E-state index is 5.41. The van der Waals surface area contributed by atoms with Gasteiger partial charge in [-0.2, -0.15) is 0 Å². The van der Waals surface area contributed by atoms with E-state index in [2.05, 4.69) is 32.6 Å². The summed E-state index contributed by atoms with van der Waals surface area (Å²) in [6.07, 6.45) is 0. The number of alkyl halides is 1. The largest absolute Gasteiger partial charge is 0.368 e. The summed E-state index contributed by atoms with van der Waals surface area (Å²) in [5, 5.41) is 0. The second kappa shape index (κ2) is 3.14. The average molecular weight is 249 g/mol. The quantitative estimate of drug-likeness (QED) is 0.602. The van der Waals surface area contributed by atoms with Crippen LogP contribution in [0.3, 0.4) is 0 Å². The van der Waals surface area contributed by atoms with Gasteiger partial charge in [0.05, 0.1) is 5.69 Å². The van der Waals surface area contributed by atoms with E-state index in [1.807, 2.05) is 13.0 Å². The molecule has 0 spiro atoms. The summed E-state index contributed by atoms with van der Waals surface area (Å²) in [7, 11) is 0. The number of rotatable bonds is 1. The van der Waals surface area contributed by atoms with E-state index in [0.29, 0.717) is 5.95 Å². The van der Waals surface area contributed by atoms with Gasteiger partial charge in [-0.1, -0.05) is 22.6 Å². The molecule has 0 aromatic carbocycles. The first-order valence-corrected chi connectivity index (χ1v) is 4.41. The maximum Gasteiger partial charge on any atom is 0.220 e. The van der Waals surface area contributed by atoms with Crippen molar-refractivity contribution in [3.8, 4) is 0 Å². The van der Waals surface area contributed by atoms with Gasteiger partial charge in [0.1, 0.15) is 0 Å². The molecule has 2 N–H and O–H groups in total. The predicted molar refractivity (Wildman–Crippen MR) is 48.9 cm³/mol. The zero-order valence-corrected chi connectivity index (χ0v) is 7.79. The van der Waals surface area contributed by atoms with Gasteiger partial charge in [-0.15, -0.1) is 0 Å². The van der Waals surface area contributed by atoms with E-state index in [0.717, 1.165) is 15.8 Å². The average Bonchev–Trinajstić information content (AvgIpc) is 1.85. The highest BCUT2D eigenvalue weighted by Crippen LogP contribution is 2.05. The Bertz CT molecular complexity index is 216. The summed E-state index contributed by atoms with van der Waals surface area (Å²) in [4.78, 5) is 7.96. The molecule has 0 saturated carbocycles. The molecule has 0 bridgehead atoms. The van der Waals surface area contributed by atoms with Gasteiger partial charge < -0.3 is 5.73 Å². The molecule has 0 unspecified atom stereocenters. The van der Waals surface area contributed by atoms with Crippen LogP contribution < -0.4 is 5.73 Å². The van der Waals surface area contributed by atoms with Crippen molar-refractivity contribution in [1.29, 1.82) is 0 Å². The minimum absolute atomic E-state index is 0.367. The Kier molecular flexibility index (Phi) is 2.42. The molecule has 4 heteroatoms. The second-order valence-electron chi connectivity index (χ2n) is 1.99. The fraction of sp³-hybridized carbons (Fsp3) is 0.333. The van der Waals surface area contributed by atoms with Crippen LogP contribution in [0.25, 0.3) is 0 Å². The van der Waals surface area contributed by atoms with Crippen LogP contribution in [0.4, 0.5) is 5.95 Å². The van der Waals surface area contributed by atoms with E-state index in [1.54, 1.807) is 0 Å². The number of anilines is 1. The van der Waals surface area contributed by atoms with Gasteiger partial charge in [0.15, 0.2) is 0 Å². The summed E-state index contributed by atoms with van der Waals surface area (Å²) < 4.78 is 0.880. The number of aryl methyl sites for hydroxylation is 1. The number of nitrogens with two attached hydrogens (primary N) is 1. The van der Waals surface area contributed by atoms with Gasteiger partial charge in [0.2, 0.25) is 5.95 Å². The van der Waals surface area contributed by atoms with Crippen molar-refractivity contribution in [2.24, 2.45) is 0 Å². The minimum atomic E-state index is 0.367. The predicted octanol–water partition coefficient (Wildman–Crippen LogP) is 1.30. The molecule has 0 aliphatic carbocycles. The van der Waals surface area contributed by atoms with Crippen LogP contribution in [-0.4, -0.2) is 9.97 Å². The molecule has 1 aromatic heterocycles. The second-order valence-corrected chi connectivity index (χ2v) is 2.76. The van der Waals surface area contributed by atoms with Crippen LogP contribution in [0.2, 0.25) is 0 Å². The molecule has 54 valence electrons. The first kappa shape index (κ1) is 7.71. The number of halogens is 1. The van der Waals surface area contributed by atoms with Crippen molar-refractivity contribution in [3.63, 3.8) is 0 Å².